The predicted molar refractivity (Wildman–Crippen MR) is 84.7 cm³/mol. The van der Waals surface area contributed by atoms with Crippen LogP contribution in [0.3, 0.4) is 0 Å². The van der Waals surface area contributed by atoms with Gasteiger partial charge in [0, 0.05) is 5.54 Å². The number of fused-ring (bicyclic) bond motifs is 1. The van der Waals surface area contributed by atoms with E-state index in [1.54, 1.807) is 0 Å². The van der Waals surface area contributed by atoms with Crippen molar-refractivity contribution in [3.63, 3.8) is 0 Å². The van der Waals surface area contributed by atoms with Crippen molar-refractivity contribution < 1.29 is 0 Å². The normalized spacial score (nSPS) is 13.7. The van der Waals surface area contributed by atoms with Crippen LogP contribution in [-0.2, 0) is 0 Å². The molecule has 0 saturated carbocycles. The largest absolute Gasteiger partial charge is 0.312 e. The standard InChI is InChI=1S/C18H25N/c1-14(12-13-19-18(2,3)4)16-11-7-9-15-8-5-6-10-17(15)16/h5-11,14,19H,12-13H2,1-4H3. The Kier molecular flexibility index (Phi) is 4.26. The summed E-state index contributed by atoms with van der Waals surface area (Å²) >= 11 is 0. The predicted octanol–water partition coefficient (Wildman–Crippen LogP) is 4.72. The van der Waals surface area contributed by atoms with E-state index in [0.29, 0.717) is 5.92 Å². The quantitative estimate of drug-likeness (QED) is 0.833. The molecular formula is C18H25N. The first-order valence-electron chi connectivity index (χ1n) is 7.20. The molecule has 2 aromatic rings. The first-order chi connectivity index (χ1) is 8.97. The van der Waals surface area contributed by atoms with Crippen LogP contribution in [0.4, 0.5) is 0 Å². The highest BCUT2D eigenvalue weighted by Crippen LogP contribution is 2.27. The van der Waals surface area contributed by atoms with E-state index in [1.807, 2.05) is 0 Å². The summed E-state index contributed by atoms with van der Waals surface area (Å²) in [5.74, 6) is 0.584. The third kappa shape index (κ3) is 3.81. The Bertz CT molecular complexity index is 531. The van der Waals surface area contributed by atoms with Gasteiger partial charge in [0.25, 0.3) is 0 Å². The minimum atomic E-state index is 0.207. The van der Waals surface area contributed by atoms with Crippen molar-refractivity contribution >= 4 is 10.8 Å². The average molecular weight is 255 g/mol. The molecule has 1 unspecified atom stereocenters. The smallest absolute Gasteiger partial charge is 0.00965 e. The van der Waals surface area contributed by atoms with E-state index < -0.39 is 0 Å². The molecular weight excluding hydrogens is 230 g/mol. The Labute approximate surface area is 117 Å². The van der Waals surface area contributed by atoms with Gasteiger partial charge in [0.05, 0.1) is 0 Å². The lowest BCUT2D eigenvalue weighted by Crippen LogP contribution is -2.36. The summed E-state index contributed by atoms with van der Waals surface area (Å²) in [7, 11) is 0. The molecule has 0 bridgehead atoms. The molecule has 0 aromatic heterocycles. The molecule has 0 fully saturated rings. The summed E-state index contributed by atoms with van der Waals surface area (Å²) in [5.41, 5.74) is 1.67. The number of hydrogen-bond donors (Lipinski definition) is 1. The molecule has 1 atom stereocenters. The second-order valence-corrected chi connectivity index (χ2v) is 6.43. The minimum absolute atomic E-state index is 0.207. The second kappa shape index (κ2) is 5.75. The Morgan fingerprint density at radius 1 is 1.00 bits per heavy atom. The number of rotatable bonds is 4. The van der Waals surface area contributed by atoms with Crippen LogP contribution < -0.4 is 5.32 Å². The van der Waals surface area contributed by atoms with Crippen LogP contribution in [0.15, 0.2) is 42.5 Å². The van der Waals surface area contributed by atoms with Crippen molar-refractivity contribution in [2.75, 3.05) is 6.54 Å². The molecule has 0 aliphatic carbocycles. The van der Waals surface area contributed by atoms with Crippen LogP contribution in [0.2, 0.25) is 0 Å². The molecule has 1 nitrogen and oxygen atoms in total. The van der Waals surface area contributed by atoms with Gasteiger partial charge in [-0.05, 0) is 56.0 Å². The zero-order valence-electron chi connectivity index (χ0n) is 12.5. The lowest BCUT2D eigenvalue weighted by atomic mass is 9.92. The molecule has 102 valence electrons. The minimum Gasteiger partial charge on any atom is -0.312 e. The maximum Gasteiger partial charge on any atom is 0.00965 e. The van der Waals surface area contributed by atoms with Crippen LogP contribution in [0.25, 0.3) is 10.8 Å². The van der Waals surface area contributed by atoms with Crippen LogP contribution >= 0.6 is 0 Å². The van der Waals surface area contributed by atoms with E-state index >= 15 is 0 Å². The third-order valence-corrected chi connectivity index (χ3v) is 3.59. The number of nitrogens with one attached hydrogen (secondary N) is 1. The van der Waals surface area contributed by atoms with E-state index in [-0.39, 0.29) is 5.54 Å². The van der Waals surface area contributed by atoms with Crippen LogP contribution in [-0.4, -0.2) is 12.1 Å². The topological polar surface area (TPSA) is 12.0 Å². The SMILES string of the molecule is CC(CCNC(C)(C)C)c1cccc2ccccc12. The fourth-order valence-electron chi connectivity index (χ4n) is 2.50. The van der Waals surface area contributed by atoms with Gasteiger partial charge in [0.2, 0.25) is 0 Å². The fraction of sp³-hybridized carbons (Fsp3) is 0.444. The van der Waals surface area contributed by atoms with Gasteiger partial charge in [0.15, 0.2) is 0 Å². The van der Waals surface area contributed by atoms with Crippen LogP contribution in [0.5, 0.6) is 0 Å². The lowest BCUT2D eigenvalue weighted by molar-refractivity contribution is 0.414. The highest BCUT2D eigenvalue weighted by atomic mass is 14.9. The Morgan fingerprint density at radius 3 is 2.42 bits per heavy atom. The lowest BCUT2D eigenvalue weighted by Gasteiger charge is -2.22. The molecule has 0 spiro atoms. The van der Waals surface area contributed by atoms with Gasteiger partial charge in [-0.3, -0.25) is 0 Å². The van der Waals surface area contributed by atoms with Crippen molar-refractivity contribution in [1.82, 2.24) is 5.32 Å². The monoisotopic (exact) mass is 255 g/mol. The van der Waals surface area contributed by atoms with Gasteiger partial charge < -0.3 is 5.32 Å². The van der Waals surface area contributed by atoms with E-state index in [4.69, 9.17) is 0 Å². The zero-order chi connectivity index (χ0) is 13.9. The van der Waals surface area contributed by atoms with Crippen molar-refractivity contribution in [2.24, 2.45) is 0 Å². The van der Waals surface area contributed by atoms with E-state index in [2.05, 4.69) is 75.5 Å². The van der Waals surface area contributed by atoms with Gasteiger partial charge in [-0.1, -0.05) is 49.4 Å². The summed E-state index contributed by atoms with van der Waals surface area (Å²) < 4.78 is 0. The van der Waals surface area contributed by atoms with Crippen LogP contribution in [0.1, 0.15) is 45.6 Å². The highest BCUT2D eigenvalue weighted by Gasteiger charge is 2.12. The molecule has 1 N–H and O–H groups in total. The maximum atomic E-state index is 3.57. The molecule has 0 radical (unpaired) electrons. The molecule has 2 rings (SSSR count). The van der Waals surface area contributed by atoms with E-state index in [9.17, 15) is 0 Å². The first-order valence-corrected chi connectivity index (χ1v) is 7.20. The van der Waals surface area contributed by atoms with E-state index in [1.165, 1.54) is 22.8 Å². The number of benzene rings is 2. The summed E-state index contributed by atoms with van der Waals surface area (Å²) in [6.07, 6.45) is 1.17. The van der Waals surface area contributed by atoms with Gasteiger partial charge in [0.1, 0.15) is 0 Å². The Morgan fingerprint density at radius 2 is 1.68 bits per heavy atom. The first kappa shape index (κ1) is 14.1. The summed E-state index contributed by atoms with van der Waals surface area (Å²) in [4.78, 5) is 0. The molecule has 1 heteroatoms. The second-order valence-electron chi connectivity index (χ2n) is 6.43. The highest BCUT2D eigenvalue weighted by molar-refractivity contribution is 5.86. The molecule has 19 heavy (non-hydrogen) atoms. The van der Waals surface area contributed by atoms with Gasteiger partial charge in [-0.25, -0.2) is 0 Å². The average Bonchev–Trinajstić information content (AvgIpc) is 2.36. The zero-order valence-corrected chi connectivity index (χ0v) is 12.5. The Hall–Kier alpha value is -1.34. The van der Waals surface area contributed by atoms with Crippen molar-refractivity contribution in [1.29, 1.82) is 0 Å². The summed E-state index contributed by atoms with van der Waals surface area (Å²) in [6, 6.07) is 15.3. The van der Waals surface area contributed by atoms with Crippen molar-refractivity contribution in [3.05, 3.63) is 48.0 Å². The van der Waals surface area contributed by atoms with Crippen LogP contribution in [0, 0.1) is 0 Å². The molecule has 0 amide bonds. The van der Waals surface area contributed by atoms with Gasteiger partial charge in [-0.2, -0.15) is 0 Å². The fourth-order valence-corrected chi connectivity index (χ4v) is 2.50. The molecule has 0 heterocycles. The summed E-state index contributed by atoms with van der Waals surface area (Å²) in [5, 5.41) is 6.31. The Balaban J connectivity index is 2.11. The molecule has 0 aliphatic heterocycles. The maximum absolute atomic E-state index is 3.57. The number of hydrogen-bond acceptors (Lipinski definition) is 1. The van der Waals surface area contributed by atoms with E-state index in [0.717, 1.165) is 6.54 Å². The van der Waals surface area contributed by atoms with Gasteiger partial charge >= 0.3 is 0 Å². The molecule has 0 saturated heterocycles. The van der Waals surface area contributed by atoms with Crippen molar-refractivity contribution in [3.8, 4) is 0 Å². The van der Waals surface area contributed by atoms with Crippen molar-refractivity contribution in [2.45, 2.75) is 45.6 Å². The molecule has 0 aliphatic rings. The summed E-state index contributed by atoms with van der Waals surface area (Å²) in [6.45, 7) is 10.0. The third-order valence-electron chi connectivity index (χ3n) is 3.59. The molecule has 2 aromatic carbocycles. The van der Waals surface area contributed by atoms with Gasteiger partial charge in [-0.15, -0.1) is 0 Å².